The predicted molar refractivity (Wildman–Crippen MR) is 70.7 cm³/mol. The number of nitrogens with one attached hydrogen (secondary N) is 2. The van der Waals surface area contributed by atoms with Crippen molar-refractivity contribution in [1.82, 2.24) is 9.97 Å². The van der Waals surface area contributed by atoms with Gasteiger partial charge in [0.2, 0.25) is 11.9 Å². The van der Waals surface area contributed by atoms with Crippen LogP contribution in [0.5, 0.6) is 0 Å². The Hall–Kier alpha value is -1.37. The predicted octanol–water partition coefficient (Wildman–Crippen LogP) is 1.20. The van der Waals surface area contributed by atoms with Gasteiger partial charge >= 0.3 is 0 Å². The topological polar surface area (TPSA) is 92.9 Å². The minimum atomic E-state index is -0.635. The van der Waals surface area contributed by atoms with Gasteiger partial charge in [-0.1, -0.05) is 0 Å². The van der Waals surface area contributed by atoms with Crippen LogP contribution in [0.3, 0.4) is 0 Å². The number of rotatable bonds is 5. The smallest absolute Gasteiger partial charge is 0.224 e. The maximum Gasteiger partial charge on any atom is 0.224 e. The summed E-state index contributed by atoms with van der Waals surface area (Å²) in [5.41, 5.74) is 4.66. The Balaban J connectivity index is 2.78. The molecule has 6 nitrogen and oxygen atoms in total. The zero-order valence-corrected chi connectivity index (χ0v) is 11.6. The van der Waals surface area contributed by atoms with Crippen molar-refractivity contribution in [2.75, 3.05) is 24.2 Å². The van der Waals surface area contributed by atoms with Gasteiger partial charge in [0.25, 0.3) is 0 Å². The summed E-state index contributed by atoms with van der Waals surface area (Å²) in [6, 6.07) is 0. The third-order valence-electron chi connectivity index (χ3n) is 2.33. The molecule has 94 valence electrons. The van der Waals surface area contributed by atoms with Crippen LogP contribution in [-0.4, -0.2) is 29.5 Å². The average Bonchev–Trinajstić information content (AvgIpc) is 2.28. The van der Waals surface area contributed by atoms with Gasteiger partial charge in [0.15, 0.2) is 0 Å². The summed E-state index contributed by atoms with van der Waals surface area (Å²) in [6.45, 7) is 3.95. The third kappa shape index (κ3) is 3.55. The fraction of sp³-hybridized carbons (Fsp3) is 0.500. The van der Waals surface area contributed by atoms with E-state index in [1.807, 2.05) is 0 Å². The molecule has 0 atom stereocenters. The molecule has 0 saturated carbocycles. The maximum absolute atomic E-state index is 11.2. The molecule has 0 fully saturated rings. The number of nitrogens with zero attached hydrogens (tertiary/aromatic N) is 2. The zero-order chi connectivity index (χ0) is 13.1. The molecule has 4 N–H and O–H groups in total. The SMILES string of the molecule is CNc1ncc(Br)c(NCC(C)(C)C(N)=O)n1. The van der Waals surface area contributed by atoms with Crippen LogP contribution >= 0.6 is 15.9 Å². The van der Waals surface area contributed by atoms with Gasteiger partial charge in [-0.25, -0.2) is 4.98 Å². The summed E-state index contributed by atoms with van der Waals surface area (Å²) in [5, 5.41) is 5.91. The van der Waals surface area contributed by atoms with Gasteiger partial charge in [-0.05, 0) is 29.8 Å². The lowest BCUT2D eigenvalue weighted by Crippen LogP contribution is -2.37. The number of hydrogen-bond acceptors (Lipinski definition) is 5. The van der Waals surface area contributed by atoms with Crippen LogP contribution in [0.4, 0.5) is 11.8 Å². The molecule has 0 unspecified atom stereocenters. The molecule has 0 radical (unpaired) electrons. The first-order valence-corrected chi connectivity index (χ1v) is 5.90. The van der Waals surface area contributed by atoms with Crippen molar-refractivity contribution >= 4 is 33.6 Å². The van der Waals surface area contributed by atoms with Gasteiger partial charge in [-0.15, -0.1) is 0 Å². The molecular formula is C10H16BrN5O. The number of carbonyl (C=O) groups is 1. The lowest BCUT2D eigenvalue weighted by Gasteiger charge is -2.21. The van der Waals surface area contributed by atoms with E-state index in [2.05, 4.69) is 36.5 Å². The first-order chi connectivity index (χ1) is 7.86. The summed E-state index contributed by atoms with van der Waals surface area (Å²) in [6.07, 6.45) is 1.64. The Kier molecular flexibility index (Phi) is 4.28. The zero-order valence-electron chi connectivity index (χ0n) is 10.0. The normalized spacial score (nSPS) is 11.1. The first-order valence-electron chi connectivity index (χ1n) is 5.11. The highest BCUT2D eigenvalue weighted by atomic mass is 79.9. The van der Waals surface area contributed by atoms with Crippen LogP contribution in [-0.2, 0) is 4.79 Å². The van der Waals surface area contributed by atoms with Gasteiger partial charge < -0.3 is 16.4 Å². The van der Waals surface area contributed by atoms with E-state index in [0.717, 1.165) is 4.47 Å². The molecule has 1 heterocycles. The van der Waals surface area contributed by atoms with Gasteiger partial charge in [0.1, 0.15) is 5.82 Å². The molecule has 1 rings (SSSR count). The standard InChI is InChI=1S/C10H16BrN5O/c1-10(2,8(12)17)5-15-7-6(11)4-14-9(13-3)16-7/h4H,5H2,1-3H3,(H2,12,17)(H2,13,14,15,16). The van der Waals surface area contributed by atoms with Crippen LogP contribution in [0.25, 0.3) is 0 Å². The van der Waals surface area contributed by atoms with E-state index in [0.29, 0.717) is 18.3 Å². The van der Waals surface area contributed by atoms with Gasteiger partial charge in [-0.3, -0.25) is 4.79 Å². The van der Waals surface area contributed by atoms with Crippen molar-refractivity contribution < 1.29 is 4.79 Å². The largest absolute Gasteiger partial charge is 0.369 e. The molecule has 0 bridgehead atoms. The first kappa shape index (κ1) is 13.7. The molecule has 1 amide bonds. The monoisotopic (exact) mass is 301 g/mol. The van der Waals surface area contributed by atoms with Crippen molar-refractivity contribution in [1.29, 1.82) is 0 Å². The number of nitrogens with two attached hydrogens (primary N) is 1. The Bertz CT molecular complexity index is 421. The quantitative estimate of drug-likeness (QED) is 0.760. The van der Waals surface area contributed by atoms with Gasteiger partial charge in [0, 0.05) is 19.8 Å². The fourth-order valence-electron chi connectivity index (χ4n) is 1.00. The molecule has 0 spiro atoms. The molecule has 0 aromatic carbocycles. The highest BCUT2D eigenvalue weighted by Gasteiger charge is 2.25. The van der Waals surface area contributed by atoms with Crippen molar-refractivity contribution in [3.8, 4) is 0 Å². The molecule has 0 aliphatic rings. The van der Waals surface area contributed by atoms with Crippen molar-refractivity contribution in [2.45, 2.75) is 13.8 Å². The van der Waals surface area contributed by atoms with Crippen LogP contribution in [0.15, 0.2) is 10.7 Å². The average molecular weight is 302 g/mol. The van der Waals surface area contributed by atoms with Crippen molar-refractivity contribution in [3.05, 3.63) is 10.7 Å². The van der Waals surface area contributed by atoms with E-state index < -0.39 is 5.41 Å². The number of hydrogen-bond donors (Lipinski definition) is 3. The number of aromatic nitrogens is 2. The summed E-state index contributed by atoms with van der Waals surface area (Å²) in [7, 11) is 1.74. The Morgan fingerprint density at radius 1 is 1.59 bits per heavy atom. The van der Waals surface area contributed by atoms with Crippen LogP contribution in [0, 0.1) is 5.41 Å². The molecule has 7 heteroatoms. The van der Waals surface area contributed by atoms with Crippen LogP contribution < -0.4 is 16.4 Å². The summed E-state index contributed by atoms with van der Waals surface area (Å²) < 4.78 is 0.733. The fourth-order valence-corrected chi connectivity index (χ4v) is 1.33. The van der Waals surface area contributed by atoms with E-state index in [4.69, 9.17) is 5.73 Å². The third-order valence-corrected chi connectivity index (χ3v) is 2.91. The number of anilines is 2. The lowest BCUT2D eigenvalue weighted by atomic mass is 9.93. The van der Waals surface area contributed by atoms with E-state index >= 15 is 0 Å². The number of primary amides is 1. The van der Waals surface area contributed by atoms with Crippen molar-refractivity contribution in [2.24, 2.45) is 11.1 Å². The lowest BCUT2D eigenvalue weighted by molar-refractivity contribution is -0.125. The van der Waals surface area contributed by atoms with Gasteiger partial charge in [0.05, 0.1) is 9.89 Å². The van der Waals surface area contributed by atoms with E-state index in [9.17, 15) is 4.79 Å². The van der Waals surface area contributed by atoms with Gasteiger partial charge in [-0.2, -0.15) is 4.98 Å². The van der Waals surface area contributed by atoms with Crippen LogP contribution in [0.2, 0.25) is 0 Å². The minimum Gasteiger partial charge on any atom is -0.369 e. The molecule has 1 aromatic heterocycles. The second-order valence-corrected chi connectivity index (χ2v) is 5.10. The van der Waals surface area contributed by atoms with E-state index in [1.54, 1.807) is 27.1 Å². The second kappa shape index (κ2) is 5.31. The highest BCUT2D eigenvalue weighted by Crippen LogP contribution is 2.22. The second-order valence-electron chi connectivity index (χ2n) is 4.24. The molecule has 1 aromatic rings. The van der Waals surface area contributed by atoms with E-state index in [-0.39, 0.29) is 5.91 Å². The van der Waals surface area contributed by atoms with E-state index in [1.165, 1.54) is 0 Å². The number of amides is 1. The highest BCUT2D eigenvalue weighted by molar-refractivity contribution is 9.10. The molecule has 0 aliphatic heterocycles. The molecule has 17 heavy (non-hydrogen) atoms. The Morgan fingerprint density at radius 2 is 2.24 bits per heavy atom. The Labute approximate surface area is 109 Å². The number of halogens is 1. The molecule has 0 saturated heterocycles. The van der Waals surface area contributed by atoms with Crippen LogP contribution in [0.1, 0.15) is 13.8 Å². The Morgan fingerprint density at radius 3 is 2.76 bits per heavy atom. The minimum absolute atomic E-state index is 0.357. The maximum atomic E-state index is 11.2. The molecular weight excluding hydrogens is 286 g/mol. The molecule has 0 aliphatic carbocycles. The van der Waals surface area contributed by atoms with Crippen molar-refractivity contribution in [3.63, 3.8) is 0 Å². The number of carbonyl (C=O) groups excluding carboxylic acids is 1. The summed E-state index contributed by atoms with van der Waals surface area (Å²) in [5.74, 6) is 0.773. The summed E-state index contributed by atoms with van der Waals surface area (Å²) >= 11 is 3.33. The summed E-state index contributed by atoms with van der Waals surface area (Å²) in [4.78, 5) is 19.4.